The van der Waals surface area contributed by atoms with E-state index in [-0.39, 0.29) is 11.2 Å². The first-order valence-corrected chi connectivity index (χ1v) is 12.4. The molecule has 0 saturated heterocycles. The largest absolute Gasteiger partial charge is 0.330 e. The first-order chi connectivity index (χ1) is 15.5. The lowest BCUT2D eigenvalue weighted by Gasteiger charge is -2.48. The number of halogens is 1. The maximum Gasteiger partial charge on any atom is 0.123 e. The van der Waals surface area contributed by atoms with Gasteiger partial charge in [-0.1, -0.05) is 37.6 Å². The molecule has 162 valence electrons. The van der Waals surface area contributed by atoms with Crippen LogP contribution in [0, 0.1) is 17.2 Å². The molecule has 32 heavy (non-hydrogen) atoms. The molecule has 2 aromatic carbocycles. The van der Waals surface area contributed by atoms with E-state index in [1.165, 1.54) is 46.3 Å². The van der Waals surface area contributed by atoms with E-state index < -0.39 is 0 Å². The molecule has 1 aliphatic carbocycles. The van der Waals surface area contributed by atoms with E-state index in [2.05, 4.69) is 54.1 Å². The van der Waals surface area contributed by atoms with Gasteiger partial charge in [0.05, 0.1) is 17.7 Å². The molecule has 0 spiro atoms. The third-order valence-electron chi connectivity index (χ3n) is 7.92. The number of fused-ring (bicyclic) bond motifs is 3. The Hall–Kier alpha value is -2.72. The molecular formula is C28H27FN2S. The minimum Gasteiger partial charge on any atom is -0.330 e. The summed E-state index contributed by atoms with van der Waals surface area (Å²) in [5.74, 6) is 0.879. The molecule has 1 fully saturated rings. The van der Waals surface area contributed by atoms with E-state index in [0.717, 1.165) is 24.2 Å². The summed E-state index contributed by atoms with van der Waals surface area (Å²) in [7, 11) is 0. The highest BCUT2D eigenvalue weighted by Crippen LogP contribution is 2.55. The fraction of sp³-hybridized carbons (Fsp3) is 0.321. The lowest BCUT2D eigenvalue weighted by Crippen LogP contribution is -2.41. The maximum absolute atomic E-state index is 13.4. The molecule has 0 N–H and O–H groups in total. The van der Waals surface area contributed by atoms with Crippen LogP contribution in [0.2, 0.25) is 0 Å². The fourth-order valence-electron chi connectivity index (χ4n) is 6.20. The summed E-state index contributed by atoms with van der Waals surface area (Å²) in [4.78, 5) is 4.75. The van der Waals surface area contributed by atoms with Crippen LogP contribution in [0.5, 0.6) is 0 Å². The molecule has 0 radical (unpaired) electrons. The number of rotatable bonds is 3. The van der Waals surface area contributed by atoms with Crippen molar-refractivity contribution in [2.45, 2.75) is 45.6 Å². The first kappa shape index (κ1) is 19.9. The molecule has 0 amide bonds. The maximum atomic E-state index is 13.4. The summed E-state index contributed by atoms with van der Waals surface area (Å²) in [5, 5.41) is 3.80. The van der Waals surface area contributed by atoms with Gasteiger partial charge in [0.15, 0.2) is 0 Å². The number of aromatic nitrogens is 2. The SMILES string of the molecule is CC(c1csc2ccccc12)C1CCCC2=Cc3c(-c4ccc(F)cc4)ncn3C[C@@]21C. The molecule has 1 saturated carbocycles. The van der Waals surface area contributed by atoms with E-state index in [1.807, 2.05) is 29.8 Å². The van der Waals surface area contributed by atoms with Gasteiger partial charge in [0.2, 0.25) is 0 Å². The number of allylic oxidation sites excluding steroid dienone is 1. The van der Waals surface area contributed by atoms with E-state index in [9.17, 15) is 4.39 Å². The highest BCUT2D eigenvalue weighted by Gasteiger charge is 2.45. The van der Waals surface area contributed by atoms with Gasteiger partial charge in [0.1, 0.15) is 5.82 Å². The average molecular weight is 443 g/mol. The van der Waals surface area contributed by atoms with Gasteiger partial charge in [-0.2, -0.15) is 0 Å². The van der Waals surface area contributed by atoms with Gasteiger partial charge in [-0.05, 0) is 83.8 Å². The van der Waals surface area contributed by atoms with Gasteiger partial charge in [0.25, 0.3) is 0 Å². The standard InChI is InChI=1S/C28H27FN2S/c1-18(23-15-32-26-9-4-3-7-22(23)26)24-8-5-6-20-14-25-27(19-10-12-21(29)13-11-19)30-17-31(25)16-28(20,24)2/h3-4,7,9-15,17-18,24H,5-6,8,16H2,1-2H3/t18?,24?,28-/m0/s1. The van der Waals surface area contributed by atoms with Crippen LogP contribution in [0.3, 0.4) is 0 Å². The van der Waals surface area contributed by atoms with Crippen LogP contribution in [-0.4, -0.2) is 9.55 Å². The summed E-state index contributed by atoms with van der Waals surface area (Å²) in [6, 6.07) is 15.5. The minimum atomic E-state index is -0.210. The van der Waals surface area contributed by atoms with Crippen molar-refractivity contribution < 1.29 is 4.39 Å². The van der Waals surface area contributed by atoms with Gasteiger partial charge in [-0.3, -0.25) is 0 Å². The van der Waals surface area contributed by atoms with Gasteiger partial charge in [-0.15, -0.1) is 11.3 Å². The summed E-state index contributed by atoms with van der Waals surface area (Å²) in [6.07, 6.45) is 8.01. The Labute approximate surface area is 192 Å². The molecule has 0 bridgehead atoms. The van der Waals surface area contributed by atoms with Crippen LogP contribution in [0.1, 0.15) is 50.3 Å². The molecule has 4 heteroatoms. The number of nitrogens with zero attached hydrogens (tertiary/aromatic N) is 2. The summed E-state index contributed by atoms with van der Waals surface area (Å²) in [6.45, 7) is 5.86. The second-order valence-electron chi connectivity index (χ2n) is 9.67. The van der Waals surface area contributed by atoms with E-state index in [4.69, 9.17) is 4.98 Å². The average Bonchev–Trinajstić information content (AvgIpc) is 3.41. The molecule has 2 aliphatic rings. The Balaban J connectivity index is 1.39. The molecule has 1 aliphatic heterocycles. The number of thiophene rings is 1. The Morgan fingerprint density at radius 3 is 2.81 bits per heavy atom. The quantitative estimate of drug-likeness (QED) is 0.315. The lowest BCUT2D eigenvalue weighted by molar-refractivity contribution is 0.131. The van der Waals surface area contributed by atoms with Crippen LogP contribution in [0.25, 0.3) is 27.4 Å². The number of hydrogen-bond acceptors (Lipinski definition) is 2. The number of benzene rings is 2. The highest BCUT2D eigenvalue weighted by molar-refractivity contribution is 7.17. The van der Waals surface area contributed by atoms with Crippen molar-refractivity contribution in [2.75, 3.05) is 0 Å². The highest BCUT2D eigenvalue weighted by atomic mass is 32.1. The second-order valence-corrected chi connectivity index (χ2v) is 10.6. The molecule has 6 rings (SSSR count). The molecule has 2 aromatic heterocycles. The molecule has 2 unspecified atom stereocenters. The van der Waals surface area contributed by atoms with Crippen LogP contribution >= 0.6 is 11.3 Å². The van der Waals surface area contributed by atoms with Crippen LogP contribution < -0.4 is 0 Å². The molecule has 4 aromatic rings. The Bertz CT molecular complexity index is 1330. The van der Waals surface area contributed by atoms with Gasteiger partial charge in [-0.25, -0.2) is 9.37 Å². The molecule has 2 nitrogen and oxygen atoms in total. The van der Waals surface area contributed by atoms with E-state index >= 15 is 0 Å². The minimum absolute atomic E-state index is 0.120. The summed E-state index contributed by atoms with van der Waals surface area (Å²) < 4.78 is 17.1. The van der Waals surface area contributed by atoms with Crippen LogP contribution in [0.4, 0.5) is 4.39 Å². The molecule has 3 atom stereocenters. The van der Waals surface area contributed by atoms with Crippen LogP contribution in [0.15, 0.2) is 65.8 Å². The third-order valence-corrected chi connectivity index (χ3v) is 8.91. The topological polar surface area (TPSA) is 17.8 Å². The van der Waals surface area contributed by atoms with E-state index in [1.54, 1.807) is 5.57 Å². The Morgan fingerprint density at radius 2 is 1.97 bits per heavy atom. The zero-order valence-corrected chi connectivity index (χ0v) is 19.3. The first-order valence-electron chi connectivity index (χ1n) is 11.5. The number of imidazole rings is 1. The van der Waals surface area contributed by atoms with Crippen molar-refractivity contribution in [3.8, 4) is 11.3 Å². The van der Waals surface area contributed by atoms with Crippen molar-refractivity contribution >= 4 is 27.5 Å². The van der Waals surface area contributed by atoms with Crippen molar-refractivity contribution in [2.24, 2.45) is 11.3 Å². The van der Waals surface area contributed by atoms with Crippen LogP contribution in [-0.2, 0) is 6.54 Å². The molecular weight excluding hydrogens is 415 g/mol. The monoisotopic (exact) mass is 442 g/mol. The van der Waals surface area contributed by atoms with Gasteiger partial charge in [0, 0.05) is 22.2 Å². The van der Waals surface area contributed by atoms with Gasteiger partial charge >= 0.3 is 0 Å². The Morgan fingerprint density at radius 1 is 1.16 bits per heavy atom. The van der Waals surface area contributed by atoms with Crippen molar-refractivity contribution in [1.82, 2.24) is 9.55 Å². The third kappa shape index (κ3) is 3.00. The summed E-state index contributed by atoms with van der Waals surface area (Å²) in [5.41, 5.74) is 6.27. The predicted molar refractivity (Wildman–Crippen MR) is 131 cm³/mol. The lowest BCUT2D eigenvalue weighted by atomic mass is 9.58. The number of hydrogen-bond donors (Lipinski definition) is 0. The normalized spacial score (nSPS) is 23.5. The van der Waals surface area contributed by atoms with E-state index in [0.29, 0.717) is 11.8 Å². The Kier molecular flexibility index (Phi) is 4.62. The fourth-order valence-corrected chi connectivity index (χ4v) is 7.26. The smallest absolute Gasteiger partial charge is 0.123 e. The molecule has 3 heterocycles. The van der Waals surface area contributed by atoms with Crippen molar-refractivity contribution in [3.63, 3.8) is 0 Å². The summed E-state index contributed by atoms with van der Waals surface area (Å²) >= 11 is 1.87. The zero-order chi connectivity index (χ0) is 21.9. The zero-order valence-electron chi connectivity index (χ0n) is 18.5. The predicted octanol–water partition coefficient (Wildman–Crippen LogP) is 7.91. The van der Waals surface area contributed by atoms with Crippen molar-refractivity contribution in [3.05, 3.63) is 82.9 Å². The van der Waals surface area contributed by atoms with Gasteiger partial charge < -0.3 is 4.57 Å². The van der Waals surface area contributed by atoms with Crippen molar-refractivity contribution in [1.29, 1.82) is 0 Å². The second kappa shape index (κ2) is 7.41.